The first-order chi connectivity index (χ1) is 5.41. The summed E-state index contributed by atoms with van der Waals surface area (Å²) in [5.74, 6) is 0. The van der Waals surface area contributed by atoms with E-state index in [1.807, 2.05) is 18.2 Å². The third-order valence-corrected chi connectivity index (χ3v) is 1.17. The average Bonchev–Trinajstić information content (AvgIpc) is 2.10. The fourth-order valence-corrected chi connectivity index (χ4v) is 0.713. The maximum atomic E-state index is 4.50. The van der Waals surface area contributed by atoms with Crippen LogP contribution in [0.5, 0.6) is 0 Å². The van der Waals surface area contributed by atoms with Crippen LogP contribution in [0.3, 0.4) is 0 Å². The Balaban J connectivity index is 0. The summed E-state index contributed by atoms with van der Waals surface area (Å²) in [4.78, 5) is 3.78. The predicted octanol–water partition coefficient (Wildman–Crippen LogP) is 2.80. The topological polar surface area (TPSA) is 22.1 Å². The summed E-state index contributed by atoms with van der Waals surface area (Å²) in [7, 11) is 0. The molecular formula is C8H12BrCuNO. The Hall–Kier alpha value is 0.109. The number of halogens is 1. The van der Waals surface area contributed by atoms with Crippen molar-refractivity contribution in [2.45, 2.75) is 13.3 Å². The minimum absolute atomic E-state index is 0. The van der Waals surface area contributed by atoms with Crippen LogP contribution in [-0.2, 0) is 20.9 Å². The summed E-state index contributed by atoms with van der Waals surface area (Å²) in [6, 6.07) is 5.72. The van der Waals surface area contributed by atoms with Crippen LogP contribution in [0.25, 0.3) is 0 Å². The van der Waals surface area contributed by atoms with Gasteiger partial charge in [0.25, 0.3) is 0 Å². The second-order valence-electron chi connectivity index (χ2n) is 1.84. The Kier molecular flexibility index (Phi) is 16.7. The molecule has 0 saturated heterocycles. The van der Waals surface area contributed by atoms with Crippen molar-refractivity contribution in [2.75, 3.05) is 6.61 Å². The molecule has 73 valence electrons. The molecular weight excluding hydrogens is 270 g/mol. The first kappa shape index (κ1) is 14.6. The number of hydrogen-bond acceptors (Lipinski definition) is 2. The van der Waals surface area contributed by atoms with Gasteiger partial charge >= 0.3 is 0 Å². The average molecular weight is 282 g/mol. The van der Waals surface area contributed by atoms with Crippen LogP contribution in [-0.4, -0.2) is 11.6 Å². The number of nitrogens with zero attached hydrogens (tertiary/aromatic N) is 1. The molecule has 0 amide bonds. The summed E-state index contributed by atoms with van der Waals surface area (Å²) in [5.41, 5.74) is 0. The van der Waals surface area contributed by atoms with E-state index in [9.17, 15) is 0 Å². The van der Waals surface area contributed by atoms with Gasteiger partial charge in [-0.15, -0.1) is 0 Å². The van der Waals surface area contributed by atoms with Crippen molar-refractivity contribution in [3.05, 3.63) is 30.6 Å². The second kappa shape index (κ2) is 13.7. The van der Waals surface area contributed by atoms with Crippen LogP contribution in [0, 0.1) is 0 Å². The van der Waals surface area contributed by atoms with Gasteiger partial charge in [0.1, 0.15) is 0 Å². The zero-order valence-electron chi connectivity index (χ0n) is 6.84. The largest absolute Gasteiger partial charge is 0.308 e. The fourth-order valence-electron chi connectivity index (χ4n) is 0.390. The van der Waals surface area contributed by atoms with E-state index in [-0.39, 0.29) is 17.1 Å². The van der Waals surface area contributed by atoms with Gasteiger partial charge in [-0.1, -0.05) is 13.0 Å². The van der Waals surface area contributed by atoms with Crippen LogP contribution < -0.4 is 0 Å². The van der Waals surface area contributed by atoms with Crippen molar-refractivity contribution in [3.8, 4) is 0 Å². The fraction of sp³-hybridized carbons (Fsp3) is 0.375. The minimum Gasteiger partial charge on any atom is -0.308 e. The molecule has 0 atom stereocenters. The third-order valence-electron chi connectivity index (χ3n) is 0.848. The third kappa shape index (κ3) is 12.8. The van der Waals surface area contributed by atoms with Gasteiger partial charge < -0.3 is 3.83 Å². The van der Waals surface area contributed by atoms with E-state index in [0.717, 1.165) is 13.0 Å². The molecule has 12 heavy (non-hydrogen) atoms. The van der Waals surface area contributed by atoms with Crippen LogP contribution >= 0.6 is 16.3 Å². The molecule has 0 aliphatic carbocycles. The summed E-state index contributed by atoms with van der Waals surface area (Å²) in [6.07, 6.45) is 4.57. The number of pyridine rings is 1. The predicted molar refractivity (Wildman–Crippen MR) is 49.4 cm³/mol. The van der Waals surface area contributed by atoms with E-state index in [4.69, 9.17) is 0 Å². The quantitative estimate of drug-likeness (QED) is 0.778. The molecule has 0 fully saturated rings. The zero-order chi connectivity index (χ0) is 8.36. The van der Waals surface area contributed by atoms with Gasteiger partial charge in [-0.25, -0.2) is 0 Å². The zero-order valence-corrected chi connectivity index (χ0v) is 9.36. The van der Waals surface area contributed by atoms with E-state index >= 15 is 0 Å². The summed E-state index contributed by atoms with van der Waals surface area (Å²) in [5, 5.41) is 0. The van der Waals surface area contributed by atoms with Gasteiger partial charge in [0.2, 0.25) is 0 Å². The van der Waals surface area contributed by atoms with Crippen molar-refractivity contribution in [1.82, 2.24) is 4.98 Å². The number of hydrogen-bond donors (Lipinski definition) is 0. The van der Waals surface area contributed by atoms with E-state index in [0.29, 0.717) is 0 Å². The molecule has 1 rings (SSSR count). The van der Waals surface area contributed by atoms with Crippen molar-refractivity contribution in [3.63, 3.8) is 0 Å². The summed E-state index contributed by atoms with van der Waals surface area (Å²) < 4.78 is 4.50. The standard InChI is InChI=1S/C5H5N.C3H7BrO.Cu/c1-2-4-6-5-3-1;1-2-3-5-4;/h1-5H;2-3H2,1H3;. The molecule has 0 spiro atoms. The molecule has 0 N–H and O–H groups in total. The Morgan fingerprint density at radius 1 is 1.25 bits per heavy atom. The maximum absolute atomic E-state index is 4.50. The van der Waals surface area contributed by atoms with E-state index in [2.05, 4.69) is 32.0 Å². The van der Waals surface area contributed by atoms with Gasteiger partial charge in [-0.05, 0) is 18.6 Å². The Labute approximate surface area is 92.7 Å². The monoisotopic (exact) mass is 280 g/mol. The van der Waals surface area contributed by atoms with Crippen molar-refractivity contribution in [2.24, 2.45) is 0 Å². The van der Waals surface area contributed by atoms with Gasteiger partial charge in [0.05, 0.1) is 22.9 Å². The number of rotatable bonds is 2. The molecule has 4 heteroatoms. The first-order valence-corrected chi connectivity index (χ1v) is 4.15. The SMILES string of the molecule is CCCOBr.[Cu].c1ccncc1. The Bertz CT molecular complexity index is 122. The molecule has 2 nitrogen and oxygen atoms in total. The summed E-state index contributed by atoms with van der Waals surface area (Å²) >= 11 is 2.81. The molecule has 0 saturated carbocycles. The number of aromatic nitrogens is 1. The van der Waals surface area contributed by atoms with Gasteiger partial charge in [0.15, 0.2) is 0 Å². The van der Waals surface area contributed by atoms with Crippen LogP contribution in [0.15, 0.2) is 30.6 Å². The first-order valence-electron chi connectivity index (χ1n) is 3.50. The van der Waals surface area contributed by atoms with Crippen molar-refractivity contribution >= 4 is 16.3 Å². The minimum atomic E-state index is 0. The van der Waals surface area contributed by atoms with E-state index in [1.165, 1.54) is 0 Å². The molecule has 0 aliphatic rings. The van der Waals surface area contributed by atoms with Crippen molar-refractivity contribution in [1.29, 1.82) is 0 Å². The van der Waals surface area contributed by atoms with Crippen LogP contribution in [0.4, 0.5) is 0 Å². The van der Waals surface area contributed by atoms with Crippen molar-refractivity contribution < 1.29 is 20.9 Å². The molecule has 1 aromatic heterocycles. The molecule has 0 bridgehead atoms. The summed E-state index contributed by atoms with van der Waals surface area (Å²) in [6.45, 7) is 2.86. The van der Waals surface area contributed by atoms with Crippen LogP contribution in [0.2, 0.25) is 0 Å². The maximum Gasteiger partial charge on any atom is 0.0987 e. The van der Waals surface area contributed by atoms with Crippen LogP contribution in [0.1, 0.15) is 13.3 Å². The van der Waals surface area contributed by atoms with Gasteiger partial charge in [-0.3, -0.25) is 4.98 Å². The smallest absolute Gasteiger partial charge is 0.0987 e. The molecule has 1 aromatic rings. The molecule has 0 aromatic carbocycles. The second-order valence-corrected chi connectivity index (χ2v) is 2.30. The van der Waals surface area contributed by atoms with E-state index < -0.39 is 0 Å². The van der Waals surface area contributed by atoms with Gasteiger partial charge in [-0.2, -0.15) is 0 Å². The molecule has 0 unspecified atom stereocenters. The molecule has 0 aliphatic heterocycles. The van der Waals surface area contributed by atoms with Gasteiger partial charge in [0, 0.05) is 29.5 Å². The Morgan fingerprint density at radius 3 is 1.92 bits per heavy atom. The Morgan fingerprint density at radius 2 is 1.83 bits per heavy atom. The molecule has 1 heterocycles. The normalized spacial score (nSPS) is 7.50. The van der Waals surface area contributed by atoms with E-state index in [1.54, 1.807) is 12.4 Å². The molecule has 1 radical (unpaired) electrons.